The third kappa shape index (κ3) is 7.90. The molecule has 0 amide bonds. The number of rotatable bonds is 9. The Hall–Kier alpha value is -1.35. The van der Waals surface area contributed by atoms with Crippen molar-refractivity contribution < 1.29 is 13.2 Å². The van der Waals surface area contributed by atoms with E-state index in [-0.39, 0.29) is 0 Å². The van der Waals surface area contributed by atoms with Crippen LogP contribution in [-0.4, -0.2) is 54.6 Å². The molecular weight excluding hydrogens is 363 g/mol. The molecule has 0 unspecified atom stereocenters. The van der Waals surface area contributed by atoms with Gasteiger partial charge in [-0.05, 0) is 34.1 Å². The molecule has 9 heteroatoms. The summed E-state index contributed by atoms with van der Waals surface area (Å²) < 4.78 is 37.6. The second-order valence-corrected chi connectivity index (χ2v) is 7.52. The molecular formula is C17H30F3N5S. The van der Waals surface area contributed by atoms with Crippen LogP contribution >= 0.6 is 11.3 Å². The Kier molecular flexibility index (Phi) is 9.35. The van der Waals surface area contributed by atoms with Crippen molar-refractivity contribution in [3.8, 4) is 0 Å². The molecule has 2 N–H and O–H groups in total. The van der Waals surface area contributed by atoms with Crippen molar-refractivity contribution in [1.29, 1.82) is 0 Å². The molecule has 26 heavy (non-hydrogen) atoms. The Morgan fingerprint density at radius 3 is 2.31 bits per heavy atom. The lowest BCUT2D eigenvalue weighted by atomic mass is 10.2. The molecule has 1 aromatic heterocycles. The van der Waals surface area contributed by atoms with Crippen LogP contribution in [0.1, 0.15) is 44.8 Å². The van der Waals surface area contributed by atoms with Gasteiger partial charge in [-0.3, -0.25) is 9.89 Å². The summed E-state index contributed by atoms with van der Waals surface area (Å²) in [4.78, 5) is 10.2. The van der Waals surface area contributed by atoms with Gasteiger partial charge in [0, 0.05) is 50.6 Å². The van der Waals surface area contributed by atoms with Gasteiger partial charge in [-0.15, -0.1) is 11.3 Å². The average molecular weight is 394 g/mol. The number of aromatic nitrogens is 1. The van der Waals surface area contributed by atoms with Crippen LogP contribution in [0.5, 0.6) is 0 Å². The molecule has 0 aliphatic rings. The second-order valence-electron chi connectivity index (χ2n) is 6.58. The van der Waals surface area contributed by atoms with E-state index in [0.29, 0.717) is 36.0 Å². The van der Waals surface area contributed by atoms with Gasteiger partial charge in [0.2, 0.25) is 0 Å². The van der Waals surface area contributed by atoms with Gasteiger partial charge in [-0.1, -0.05) is 0 Å². The van der Waals surface area contributed by atoms with Crippen molar-refractivity contribution in [1.82, 2.24) is 20.5 Å². The van der Waals surface area contributed by atoms with Gasteiger partial charge in [0.25, 0.3) is 0 Å². The highest BCUT2D eigenvalue weighted by atomic mass is 32.1. The molecule has 1 aromatic rings. The number of aliphatic imine (C=N–C) groups is 1. The first-order chi connectivity index (χ1) is 12.1. The molecule has 1 rings (SSSR count). The van der Waals surface area contributed by atoms with E-state index in [9.17, 15) is 13.2 Å². The van der Waals surface area contributed by atoms with Gasteiger partial charge in [-0.25, -0.2) is 4.98 Å². The Balaban J connectivity index is 2.30. The van der Waals surface area contributed by atoms with E-state index in [2.05, 4.69) is 53.2 Å². The highest BCUT2D eigenvalue weighted by Gasteiger charge is 2.33. The van der Waals surface area contributed by atoms with Crippen molar-refractivity contribution >= 4 is 17.3 Å². The highest BCUT2D eigenvalue weighted by Crippen LogP contribution is 2.29. The van der Waals surface area contributed by atoms with E-state index in [0.717, 1.165) is 36.2 Å². The molecule has 0 aromatic carbocycles. The van der Waals surface area contributed by atoms with Gasteiger partial charge in [-0.2, -0.15) is 13.2 Å². The summed E-state index contributed by atoms with van der Waals surface area (Å²) >= 11 is 1.03. The molecule has 0 aliphatic carbocycles. The predicted octanol–water partition coefficient (Wildman–Crippen LogP) is 3.38. The largest absolute Gasteiger partial charge is 0.434 e. The zero-order valence-corrected chi connectivity index (χ0v) is 17.0. The van der Waals surface area contributed by atoms with Crippen LogP contribution in [0.2, 0.25) is 0 Å². The van der Waals surface area contributed by atoms with Crippen LogP contribution in [0.3, 0.4) is 0 Å². The van der Waals surface area contributed by atoms with E-state index >= 15 is 0 Å². The zero-order valence-electron chi connectivity index (χ0n) is 16.2. The van der Waals surface area contributed by atoms with E-state index in [1.54, 1.807) is 7.05 Å². The summed E-state index contributed by atoms with van der Waals surface area (Å²) in [5.41, 5.74) is -0.820. The number of hydrogen-bond acceptors (Lipinski definition) is 4. The molecule has 0 saturated carbocycles. The van der Waals surface area contributed by atoms with Crippen molar-refractivity contribution in [2.24, 2.45) is 4.99 Å². The predicted molar refractivity (Wildman–Crippen MR) is 102 cm³/mol. The molecule has 0 atom stereocenters. The number of nitrogens with one attached hydrogen (secondary N) is 2. The lowest BCUT2D eigenvalue weighted by Gasteiger charge is -2.30. The Morgan fingerprint density at radius 2 is 1.81 bits per heavy atom. The molecule has 0 aliphatic heterocycles. The monoisotopic (exact) mass is 393 g/mol. The first kappa shape index (κ1) is 22.7. The Morgan fingerprint density at radius 1 is 1.19 bits per heavy atom. The maximum absolute atomic E-state index is 12.5. The number of hydrogen-bond donors (Lipinski definition) is 2. The molecule has 150 valence electrons. The lowest BCUT2D eigenvalue weighted by molar-refractivity contribution is -0.140. The van der Waals surface area contributed by atoms with Gasteiger partial charge in [0.05, 0.1) is 5.01 Å². The van der Waals surface area contributed by atoms with Crippen LogP contribution in [-0.2, 0) is 12.6 Å². The van der Waals surface area contributed by atoms with Crippen LogP contribution in [0, 0.1) is 0 Å². The van der Waals surface area contributed by atoms with E-state index in [1.807, 2.05) is 0 Å². The second kappa shape index (κ2) is 10.7. The minimum Gasteiger partial charge on any atom is -0.356 e. The van der Waals surface area contributed by atoms with E-state index in [1.165, 1.54) is 0 Å². The summed E-state index contributed by atoms with van der Waals surface area (Å²) in [6.45, 7) is 11.0. The topological polar surface area (TPSA) is 52.6 Å². The van der Waals surface area contributed by atoms with Gasteiger partial charge >= 0.3 is 6.18 Å². The fourth-order valence-electron chi connectivity index (χ4n) is 2.65. The first-order valence-electron chi connectivity index (χ1n) is 8.87. The Bertz CT molecular complexity index is 547. The minimum atomic E-state index is -4.38. The summed E-state index contributed by atoms with van der Waals surface area (Å²) in [7, 11) is 1.68. The number of nitrogens with zero attached hydrogens (tertiary/aromatic N) is 3. The molecule has 0 bridgehead atoms. The molecule has 0 spiro atoms. The maximum atomic E-state index is 12.5. The smallest absolute Gasteiger partial charge is 0.356 e. The minimum absolute atomic E-state index is 0.427. The molecule has 0 fully saturated rings. The Labute approximate surface area is 158 Å². The lowest BCUT2D eigenvalue weighted by Crippen LogP contribution is -2.41. The maximum Gasteiger partial charge on any atom is 0.434 e. The molecule has 0 saturated heterocycles. The highest BCUT2D eigenvalue weighted by molar-refractivity contribution is 7.09. The fourth-order valence-corrected chi connectivity index (χ4v) is 3.45. The number of thiazole rings is 1. The fraction of sp³-hybridized carbons (Fsp3) is 0.765. The van der Waals surface area contributed by atoms with Crippen LogP contribution < -0.4 is 10.6 Å². The summed E-state index contributed by atoms with van der Waals surface area (Å²) in [6, 6.07) is 1.01. The van der Waals surface area contributed by atoms with E-state index < -0.39 is 11.9 Å². The zero-order chi connectivity index (χ0) is 19.7. The SMILES string of the molecule is CN=C(NCCCN(C(C)C)C(C)C)NCCc1nc(C(F)(F)F)cs1. The summed E-state index contributed by atoms with van der Waals surface area (Å²) in [5, 5.41) is 7.86. The molecule has 1 heterocycles. The van der Waals surface area contributed by atoms with E-state index in [4.69, 9.17) is 0 Å². The van der Waals surface area contributed by atoms with Gasteiger partial charge < -0.3 is 10.6 Å². The average Bonchev–Trinajstić information content (AvgIpc) is 3.01. The first-order valence-corrected chi connectivity index (χ1v) is 9.75. The van der Waals surface area contributed by atoms with Crippen molar-refractivity contribution in [3.63, 3.8) is 0 Å². The standard InChI is InChI=1S/C17H30F3N5S/c1-12(2)25(13(3)4)10-6-8-22-16(21-5)23-9-7-15-24-14(11-26-15)17(18,19)20/h11-13H,6-10H2,1-5H3,(H2,21,22,23). The molecule has 5 nitrogen and oxygen atoms in total. The van der Waals surface area contributed by atoms with Crippen LogP contribution in [0.4, 0.5) is 13.2 Å². The van der Waals surface area contributed by atoms with Gasteiger partial charge in [0.1, 0.15) is 0 Å². The summed E-state index contributed by atoms with van der Waals surface area (Å²) in [5.74, 6) is 0.651. The quantitative estimate of drug-likeness (QED) is 0.384. The summed E-state index contributed by atoms with van der Waals surface area (Å²) in [6.07, 6.45) is -2.96. The molecule has 0 radical (unpaired) electrons. The van der Waals surface area contributed by atoms with Crippen LogP contribution in [0.15, 0.2) is 10.4 Å². The third-order valence-corrected chi connectivity index (χ3v) is 4.82. The number of halogens is 3. The van der Waals surface area contributed by atoms with Crippen molar-refractivity contribution in [2.45, 2.75) is 58.8 Å². The number of guanidine groups is 1. The number of alkyl halides is 3. The van der Waals surface area contributed by atoms with Gasteiger partial charge in [0.15, 0.2) is 11.7 Å². The van der Waals surface area contributed by atoms with Crippen molar-refractivity contribution in [3.05, 3.63) is 16.1 Å². The normalized spacial score (nSPS) is 13.1. The van der Waals surface area contributed by atoms with Crippen LogP contribution in [0.25, 0.3) is 0 Å². The van der Waals surface area contributed by atoms with Crippen molar-refractivity contribution in [2.75, 3.05) is 26.7 Å². The third-order valence-electron chi connectivity index (χ3n) is 3.91.